The van der Waals surface area contributed by atoms with Crippen molar-refractivity contribution >= 4 is 36.2 Å². The minimum Gasteiger partial charge on any atom is -0.207 e. The third kappa shape index (κ3) is 10.8. The second-order valence-corrected chi connectivity index (χ2v) is 16.7. The molecule has 0 atom stereocenters. The van der Waals surface area contributed by atoms with Crippen molar-refractivity contribution in [1.29, 1.82) is 0 Å². The smallest absolute Gasteiger partial charge is 0.207 e. The summed E-state index contributed by atoms with van der Waals surface area (Å²) in [5, 5.41) is 0. The van der Waals surface area contributed by atoms with Gasteiger partial charge in [-0.25, -0.2) is 16.8 Å². The van der Waals surface area contributed by atoms with Crippen molar-refractivity contribution in [3.8, 4) is 0 Å². The van der Waals surface area contributed by atoms with Crippen LogP contribution in [-0.2, 0) is 26.5 Å². The topological polar surface area (TPSA) is 92.3 Å². The highest BCUT2D eigenvalue weighted by Crippen LogP contribution is 2.32. The van der Waals surface area contributed by atoms with Crippen molar-refractivity contribution in [3.05, 3.63) is 60.2 Å². The SMILES string of the molecule is CCCCc1ccc(S(=O)(=O)NP(CC)CC)cc1.CCP(CC)NS(=O)(=O)c1ccccc1. The highest BCUT2D eigenvalue weighted by Gasteiger charge is 2.18. The first-order chi connectivity index (χ1) is 16.1. The number of sulfonamides is 2. The zero-order chi connectivity index (χ0) is 25.6. The summed E-state index contributed by atoms with van der Waals surface area (Å²) in [6.07, 6.45) is 6.80. The van der Waals surface area contributed by atoms with Crippen LogP contribution in [0, 0.1) is 0 Å². The van der Waals surface area contributed by atoms with E-state index in [-0.39, 0.29) is 0 Å². The van der Waals surface area contributed by atoms with Gasteiger partial charge in [-0.15, -0.1) is 0 Å². The lowest BCUT2D eigenvalue weighted by Gasteiger charge is -2.15. The Hall–Kier alpha value is -0.880. The minimum atomic E-state index is -3.34. The van der Waals surface area contributed by atoms with Gasteiger partial charge >= 0.3 is 0 Å². The molecule has 0 aliphatic carbocycles. The molecule has 0 saturated heterocycles. The van der Waals surface area contributed by atoms with E-state index >= 15 is 0 Å². The molecule has 2 rings (SSSR count). The van der Waals surface area contributed by atoms with Gasteiger partial charge in [0, 0.05) is 0 Å². The van der Waals surface area contributed by atoms with Gasteiger partial charge in [0.05, 0.1) is 9.79 Å². The van der Waals surface area contributed by atoms with Crippen LogP contribution in [0.25, 0.3) is 0 Å². The quantitative estimate of drug-likeness (QED) is 0.295. The molecule has 0 bridgehead atoms. The van der Waals surface area contributed by atoms with Crippen molar-refractivity contribution in [2.24, 2.45) is 0 Å². The molecular weight excluding hydrogens is 506 g/mol. The molecule has 0 aliphatic heterocycles. The first-order valence-corrected chi connectivity index (χ1v) is 18.2. The molecule has 0 aromatic heterocycles. The van der Waals surface area contributed by atoms with Crippen LogP contribution in [0.2, 0.25) is 0 Å². The van der Waals surface area contributed by atoms with Crippen LogP contribution in [0.4, 0.5) is 0 Å². The molecule has 0 aliphatic rings. The van der Waals surface area contributed by atoms with E-state index in [1.165, 1.54) is 5.56 Å². The number of hydrogen-bond acceptors (Lipinski definition) is 4. The van der Waals surface area contributed by atoms with E-state index in [1.807, 2.05) is 45.9 Å². The van der Waals surface area contributed by atoms with Gasteiger partial charge in [0.25, 0.3) is 0 Å². The molecule has 2 N–H and O–H groups in total. The molecule has 2 aromatic carbocycles. The normalized spacial score (nSPS) is 12.0. The van der Waals surface area contributed by atoms with Crippen LogP contribution in [0.5, 0.6) is 0 Å². The fourth-order valence-electron chi connectivity index (χ4n) is 2.97. The fraction of sp³-hybridized carbons (Fsp3) is 0.500. The van der Waals surface area contributed by atoms with Crippen LogP contribution in [0.1, 0.15) is 53.0 Å². The van der Waals surface area contributed by atoms with Crippen molar-refractivity contribution in [2.45, 2.75) is 63.7 Å². The van der Waals surface area contributed by atoms with Crippen LogP contribution >= 0.6 is 16.1 Å². The Morgan fingerprint density at radius 3 is 1.41 bits per heavy atom. The summed E-state index contributed by atoms with van der Waals surface area (Å²) in [6, 6.07) is 15.8. The summed E-state index contributed by atoms with van der Waals surface area (Å²) in [5.41, 5.74) is 1.20. The summed E-state index contributed by atoms with van der Waals surface area (Å²) in [5.74, 6) is 0. The number of benzene rings is 2. The summed E-state index contributed by atoms with van der Waals surface area (Å²) in [6.45, 7) is 10.2. The third-order valence-electron chi connectivity index (χ3n) is 5.13. The Kier molecular flexibility index (Phi) is 14.6. The van der Waals surface area contributed by atoms with Crippen LogP contribution in [0.15, 0.2) is 64.4 Å². The molecule has 0 amide bonds. The molecule has 0 fully saturated rings. The second kappa shape index (κ2) is 16.0. The Morgan fingerprint density at radius 2 is 1.03 bits per heavy atom. The molecule has 192 valence electrons. The average Bonchev–Trinajstić information content (AvgIpc) is 2.85. The fourth-order valence-corrected chi connectivity index (χ4v) is 10.5. The number of rotatable bonds is 13. The number of unbranched alkanes of at least 4 members (excludes halogenated alkanes) is 1. The molecule has 0 saturated carbocycles. The molecule has 10 heteroatoms. The standard InChI is InChI=1S/C14H24NO2PS.C10H16NO2PS/c1-4-7-8-13-9-11-14(12-10-13)19(16,17)15-18(5-2)6-3;1-3-14(4-2)11-15(12,13)10-8-6-5-7-9-10/h9-12,15H,4-8H2,1-3H3;5-9,11H,3-4H2,1-2H3. The first-order valence-electron chi connectivity index (χ1n) is 11.8. The van der Waals surface area contributed by atoms with Crippen molar-refractivity contribution < 1.29 is 16.8 Å². The van der Waals surface area contributed by atoms with E-state index < -0.39 is 36.2 Å². The summed E-state index contributed by atoms with van der Waals surface area (Å²) in [4.78, 5) is 0.724. The minimum absolute atomic E-state index is 0.347. The number of hydrogen-bond donors (Lipinski definition) is 2. The van der Waals surface area contributed by atoms with E-state index in [4.69, 9.17) is 0 Å². The zero-order valence-electron chi connectivity index (χ0n) is 21.0. The largest absolute Gasteiger partial charge is 0.243 e. The van der Waals surface area contributed by atoms with Gasteiger partial charge in [0.2, 0.25) is 20.0 Å². The highest BCUT2D eigenvalue weighted by molar-refractivity contribution is 7.95. The van der Waals surface area contributed by atoms with Gasteiger partial charge in [-0.2, -0.15) is 8.99 Å². The van der Waals surface area contributed by atoms with Crippen molar-refractivity contribution in [3.63, 3.8) is 0 Å². The van der Waals surface area contributed by atoms with Gasteiger partial charge in [0.1, 0.15) is 0 Å². The molecule has 6 nitrogen and oxygen atoms in total. The molecule has 0 spiro atoms. The van der Waals surface area contributed by atoms with Gasteiger partial charge < -0.3 is 0 Å². The maximum absolute atomic E-state index is 12.2. The maximum Gasteiger partial charge on any atom is 0.243 e. The van der Waals surface area contributed by atoms with Gasteiger partial charge in [-0.1, -0.05) is 71.4 Å². The summed E-state index contributed by atoms with van der Waals surface area (Å²) < 4.78 is 53.7. The molecular formula is C24H40N2O4P2S2. The highest BCUT2D eigenvalue weighted by atomic mass is 32.2. The lowest BCUT2D eigenvalue weighted by molar-refractivity contribution is 0.592. The summed E-state index contributed by atoms with van der Waals surface area (Å²) >= 11 is 0. The number of nitrogens with one attached hydrogen (secondary N) is 2. The van der Waals surface area contributed by atoms with Gasteiger partial charge in [0.15, 0.2) is 0 Å². The van der Waals surface area contributed by atoms with Crippen molar-refractivity contribution in [1.82, 2.24) is 8.99 Å². The molecule has 0 unspecified atom stereocenters. The molecule has 0 radical (unpaired) electrons. The van der Waals surface area contributed by atoms with Crippen LogP contribution in [-0.4, -0.2) is 41.5 Å². The Labute approximate surface area is 210 Å². The van der Waals surface area contributed by atoms with Gasteiger partial charge in [-0.3, -0.25) is 0 Å². The van der Waals surface area contributed by atoms with Crippen molar-refractivity contribution in [2.75, 3.05) is 24.6 Å². The van der Waals surface area contributed by atoms with Crippen LogP contribution in [0.3, 0.4) is 0 Å². The Morgan fingerprint density at radius 1 is 0.618 bits per heavy atom. The second-order valence-electron chi connectivity index (χ2n) is 7.59. The predicted molar refractivity (Wildman–Crippen MR) is 148 cm³/mol. The van der Waals surface area contributed by atoms with E-state index in [2.05, 4.69) is 15.9 Å². The van der Waals surface area contributed by atoms with E-state index in [1.54, 1.807) is 36.4 Å². The lowest BCUT2D eigenvalue weighted by Crippen LogP contribution is -2.20. The van der Waals surface area contributed by atoms with Gasteiger partial charge in [-0.05, 0) is 83.5 Å². The number of aryl methyl sites for hydroxylation is 1. The summed E-state index contributed by atoms with van der Waals surface area (Å²) in [7, 11) is -7.88. The molecule has 2 aromatic rings. The molecule has 0 heterocycles. The molecule has 34 heavy (non-hydrogen) atoms. The first kappa shape index (κ1) is 31.2. The predicted octanol–water partition coefficient (Wildman–Crippen LogP) is 6.15. The Bertz CT molecular complexity index is 1020. The van der Waals surface area contributed by atoms with E-state index in [9.17, 15) is 16.8 Å². The van der Waals surface area contributed by atoms with E-state index in [0.717, 1.165) is 43.9 Å². The zero-order valence-corrected chi connectivity index (χ0v) is 24.4. The van der Waals surface area contributed by atoms with Crippen LogP contribution < -0.4 is 8.99 Å². The van der Waals surface area contributed by atoms with E-state index in [0.29, 0.717) is 9.79 Å². The average molecular weight is 547 g/mol. The monoisotopic (exact) mass is 546 g/mol. The third-order valence-corrected chi connectivity index (χ3v) is 14.0. The Balaban J connectivity index is 0.000000350. The lowest BCUT2D eigenvalue weighted by atomic mass is 10.1. The maximum atomic E-state index is 12.2.